The SMILES string of the molecule is C/C=C(/C)c1cc(C)cc(C)c1OCc1cc(C)cc(C(C)CC)c1.CC.CC. The highest BCUT2D eigenvalue weighted by molar-refractivity contribution is 5.71. The summed E-state index contributed by atoms with van der Waals surface area (Å²) in [6, 6.07) is 11.2. The van der Waals surface area contributed by atoms with Crippen molar-refractivity contribution in [2.24, 2.45) is 0 Å². The Morgan fingerprint density at radius 1 is 0.931 bits per heavy atom. The van der Waals surface area contributed by atoms with E-state index in [1.54, 1.807) is 0 Å². The molecule has 162 valence electrons. The van der Waals surface area contributed by atoms with Gasteiger partial charge >= 0.3 is 0 Å². The van der Waals surface area contributed by atoms with Gasteiger partial charge in [0.2, 0.25) is 0 Å². The van der Waals surface area contributed by atoms with E-state index in [9.17, 15) is 0 Å². The highest BCUT2D eigenvalue weighted by Gasteiger charge is 2.11. The fraction of sp³-hybridized carbons (Fsp3) is 0.500. The Labute approximate surface area is 181 Å². The molecular weight excluding hydrogens is 352 g/mol. The number of hydrogen-bond donors (Lipinski definition) is 0. The molecule has 0 N–H and O–H groups in total. The maximum absolute atomic E-state index is 6.31. The highest BCUT2D eigenvalue weighted by atomic mass is 16.5. The Kier molecular flexibility index (Phi) is 13.1. The van der Waals surface area contributed by atoms with E-state index in [-0.39, 0.29) is 0 Å². The van der Waals surface area contributed by atoms with Gasteiger partial charge in [0.25, 0.3) is 0 Å². The van der Waals surface area contributed by atoms with Crippen LogP contribution < -0.4 is 4.74 Å². The van der Waals surface area contributed by atoms with Gasteiger partial charge in [-0.1, -0.05) is 77.4 Å². The molecule has 0 heterocycles. The van der Waals surface area contributed by atoms with Gasteiger partial charge in [-0.2, -0.15) is 0 Å². The second-order valence-corrected chi connectivity index (χ2v) is 7.28. The molecule has 0 amide bonds. The van der Waals surface area contributed by atoms with Crippen LogP contribution in [0.1, 0.15) is 101 Å². The van der Waals surface area contributed by atoms with Crippen molar-refractivity contribution in [2.75, 3.05) is 0 Å². The summed E-state index contributed by atoms with van der Waals surface area (Å²) < 4.78 is 6.31. The van der Waals surface area contributed by atoms with E-state index in [0.29, 0.717) is 12.5 Å². The van der Waals surface area contributed by atoms with Gasteiger partial charge < -0.3 is 4.74 Å². The first-order valence-electron chi connectivity index (χ1n) is 11.3. The van der Waals surface area contributed by atoms with Gasteiger partial charge in [0, 0.05) is 5.56 Å². The van der Waals surface area contributed by atoms with Gasteiger partial charge in [-0.05, 0) is 80.9 Å². The molecular formula is C28H44O. The molecule has 1 unspecified atom stereocenters. The Hall–Kier alpha value is -2.02. The van der Waals surface area contributed by atoms with Gasteiger partial charge in [0.1, 0.15) is 12.4 Å². The maximum atomic E-state index is 6.31. The van der Waals surface area contributed by atoms with Crippen LogP contribution in [0.25, 0.3) is 5.57 Å². The first kappa shape index (κ1) is 27.0. The Morgan fingerprint density at radius 3 is 2.07 bits per heavy atom. The van der Waals surface area contributed by atoms with Crippen molar-refractivity contribution < 1.29 is 4.74 Å². The van der Waals surface area contributed by atoms with Crippen LogP contribution in [0.3, 0.4) is 0 Å². The minimum absolute atomic E-state index is 0.584. The lowest BCUT2D eigenvalue weighted by atomic mass is 9.95. The number of benzene rings is 2. The summed E-state index contributed by atoms with van der Waals surface area (Å²) in [5.41, 5.74) is 8.90. The van der Waals surface area contributed by atoms with Crippen LogP contribution in [0.15, 0.2) is 36.4 Å². The molecule has 0 aliphatic carbocycles. The van der Waals surface area contributed by atoms with Crippen LogP contribution in [0.5, 0.6) is 5.75 Å². The number of allylic oxidation sites excluding steroid dienone is 2. The molecule has 0 saturated heterocycles. The number of aryl methyl sites for hydroxylation is 3. The molecule has 0 spiro atoms. The lowest BCUT2D eigenvalue weighted by molar-refractivity contribution is 0.303. The molecule has 0 aromatic heterocycles. The average molecular weight is 397 g/mol. The summed E-state index contributed by atoms with van der Waals surface area (Å²) in [6.45, 7) is 23.8. The zero-order valence-corrected chi connectivity index (χ0v) is 20.9. The average Bonchev–Trinajstić information content (AvgIpc) is 2.73. The Balaban J connectivity index is 0.00000184. The standard InChI is InChI=1S/C24H32O.2C2H6/c1-8-18(5)22-12-17(4)11-21(14-22)15-25-24-20(7)10-16(3)13-23(24)19(6)9-2;2*1-2/h9-14,18H,8,15H2,1-7H3;2*1-2H3/b19-9-;;. The number of hydrogen-bond acceptors (Lipinski definition) is 1. The predicted molar refractivity (Wildman–Crippen MR) is 132 cm³/mol. The molecule has 29 heavy (non-hydrogen) atoms. The molecule has 2 aromatic carbocycles. The summed E-state index contributed by atoms with van der Waals surface area (Å²) in [6.07, 6.45) is 3.31. The Morgan fingerprint density at radius 2 is 1.52 bits per heavy atom. The third kappa shape index (κ3) is 8.09. The second-order valence-electron chi connectivity index (χ2n) is 7.28. The van der Waals surface area contributed by atoms with Crippen LogP contribution in [0.2, 0.25) is 0 Å². The van der Waals surface area contributed by atoms with Crippen molar-refractivity contribution in [3.05, 3.63) is 69.8 Å². The third-order valence-corrected chi connectivity index (χ3v) is 5.00. The van der Waals surface area contributed by atoms with Crippen molar-refractivity contribution >= 4 is 5.57 Å². The van der Waals surface area contributed by atoms with Gasteiger partial charge in [0.15, 0.2) is 0 Å². The van der Waals surface area contributed by atoms with Crippen molar-refractivity contribution in [3.8, 4) is 5.75 Å². The monoisotopic (exact) mass is 396 g/mol. The topological polar surface area (TPSA) is 9.23 Å². The van der Waals surface area contributed by atoms with Crippen molar-refractivity contribution in [1.29, 1.82) is 0 Å². The normalized spacial score (nSPS) is 11.6. The summed E-state index contributed by atoms with van der Waals surface area (Å²) in [5, 5.41) is 0. The van der Waals surface area contributed by atoms with E-state index in [1.807, 2.05) is 27.7 Å². The lowest BCUT2D eigenvalue weighted by Crippen LogP contribution is -2.03. The van der Waals surface area contributed by atoms with Gasteiger partial charge in [-0.25, -0.2) is 0 Å². The molecule has 1 heteroatoms. The highest BCUT2D eigenvalue weighted by Crippen LogP contribution is 2.32. The fourth-order valence-corrected chi connectivity index (χ4v) is 3.25. The molecule has 1 atom stereocenters. The van der Waals surface area contributed by atoms with Crippen molar-refractivity contribution in [1.82, 2.24) is 0 Å². The largest absolute Gasteiger partial charge is 0.488 e. The quantitative estimate of drug-likeness (QED) is 0.473. The second kappa shape index (κ2) is 14.0. The van der Waals surface area contributed by atoms with E-state index < -0.39 is 0 Å². The first-order chi connectivity index (χ1) is 13.8. The molecule has 0 aliphatic rings. The smallest absolute Gasteiger partial charge is 0.130 e. The molecule has 0 bridgehead atoms. The summed E-state index contributed by atoms with van der Waals surface area (Å²) >= 11 is 0. The Bertz CT molecular complexity index is 768. The van der Waals surface area contributed by atoms with Crippen molar-refractivity contribution in [2.45, 2.75) is 95.1 Å². The van der Waals surface area contributed by atoms with Gasteiger partial charge in [0.05, 0.1) is 0 Å². The summed E-state index contributed by atoms with van der Waals surface area (Å²) in [7, 11) is 0. The van der Waals surface area contributed by atoms with E-state index in [1.165, 1.54) is 39.0 Å². The van der Waals surface area contributed by atoms with Crippen molar-refractivity contribution in [3.63, 3.8) is 0 Å². The molecule has 0 fully saturated rings. The molecule has 0 radical (unpaired) electrons. The van der Waals surface area contributed by atoms with Crippen LogP contribution >= 0.6 is 0 Å². The van der Waals surface area contributed by atoms with E-state index in [4.69, 9.17) is 4.74 Å². The molecule has 1 nitrogen and oxygen atoms in total. The summed E-state index contributed by atoms with van der Waals surface area (Å²) in [4.78, 5) is 0. The van der Waals surface area contributed by atoms with Crippen LogP contribution in [0, 0.1) is 20.8 Å². The zero-order chi connectivity index (χ0) is 22.6. The zero-order valence-electron chi connectivity index (χ0n) is 20.9. The van der Waals surface area contributed by atoms with Crippen LogP contribution in [-0.2, 0) is 6.61 Å². The molecule has 0 saturated carbocycles. The van der Waals surface area contributed by atoms with E-state index in [0.717, 1.165) is 12.2 Å². The van der Waals surface area contributed by atoms with Gasteiger partial charge in [-0.15, -0.1) is 0 Å². The third-order valence-electron chi connectivity index (χ3n) is 5.00. The molecule has 2 aromatic rings. The van der Waals surface area contributed by atoms with Gasteiger partial charge in [-0.3, -0.25) is 0 Å². The number of rotatable bonds is 6. The summed E-state index contributed by atoms with van der Waals surface area (Å²) in [5.74, 6) is 1.59. The maximum Gasteiger partial charge on any atom is 0.130 e. The molecule has 0 aliphatic heterocycles. The fourth-order valence-electron chi connectivity index (χ4n) is 3.25. The van der Waals surface area contributed by atoms with Crippen LogP contribution in [-0.4, -0.2) is 0 Å². The first-order valence-corrected chi connectivity index (χ1v) is 11.3. The van der Waals surface area contributed by atoms with E-state index in [2.05, 4.69) is 84.9 Å². The van der Waals surface area contributed by atoms with E-state index >= 15 is 0 Å². The minimum atomic E-state index is 0.584. The number of ether oxygens (including phenoxy) is 1. The lowest BCUT2D eigenvalue weighted by Gasteiger charge is -2.17. The van der Waals surface area contributed by atoms with Crippen LogP contribution in [0.4, 0.5) is 0 Å². The minimum Gasteiger partial charge on any atom is -0.488 e. The predicted octanol–water partition coefficient (Wildman–Crippen LogP) is 9.18. The molecule has 2 rings (SSSR count).